The zero-order valence-corrected chi connectivity index (χ0v) is 19.5. The molecule has 0 saturated heterocycles. The van der Waals surface area contributed by atoms with E-state index in [0.29, 0.717) is 28.3 Å². The highest BCUT2D eigenvalue weighted by Crippen LogP contribution is 2.61. The molecule has 4 saturated carbocycles. The lowest BCUT2D eigenvalue weighted by Crippen LogP contribution is -2.48. The Morgan fingerprint density at radius 2 is 1.59 bits per heavy atom. The number of hydrogen-bond acceptors (Lipinski definition) is 3. The first-order valence-electron chi connectivity index (χ1n) is 11.4. The van der Waals surface area contributed by atoms with Crippen LogP contribution in [0.25, 0.3) is 0 Å². The van der Waals surface area contributed by atoms with Crippen molar-refractivity contribution >= 4 is 46.3 Å². The number of amides is 1. The van der Waals surface area contributed by atoms with Gasteiger partial charge in [-0.2, -0.15) is 0 Å². The molecular weight excluding hydrogens is 440 g/mol. The number of carbonyl (C=O) groups excluding carboxylic acids is 2. The highest BCUT2D eigenvalue weighted by atomic mass is 35.5. The Morgan fingerprint density at radius 3 is 2.22 bits per heavy atom. The molecule has 166 valence electrons. The van der Waals surface area contributed by atoms with Crippen molar-refractivity contribution in [2.24, 2.45) is 23.2 Å². The lowest BCUT2D eigenvalue weighted by molar-refractivity contribution is -0.127. The van der Waals surface area contributed by atoms with E-state index in [1.165, 1.54) is 38.5 Å². The topological polar surface area (TPSA) is 58.2 Å². The fourth-order valence-corrected chi connectivity index (χ4v) is 7.13. The molecule has 2 N–H and O–H groups in total. The summed E-state index contributed by atoms with van der Waals surface area (Å²) in [6, 6.07) is 14.1. The zero-order chi connectivity index (χ0) is 22.3. The van der Waals surface area contributed by atoms with Crippen molar-refractivity contribution < 1.29 is 9.59 Å². The van der Waals surface area contributed by atoms with Gasteiger partial charge in [-0.1, -0.05) is 41.9 Å². The lowest BCUT2D eigenvalue weighted by Gasteiger charge is -2.56. The first-order chi connectivity index (χ1) is 15.4. The van der Waals surface area contributed by atoms with Crippen LogP contribution in [-0.4, -0.2) is 16.8 Å². The first kappa shape index (κ1) is 21.6. The van der Waals surface area contributed by atoms with Crippen LogP contribution in [0.15, 0.2) is 48.5 Å². The van der Waals surface area contributed by atoms with Gasteiger partial charge in [0.15, 0.2) is 10.9 Å². The molecule has 4 bridgehead atoms. The van der Waals surface area contributed by atoms with E-state index < -0.39 is 0 Å². The fourth-order valence-electron chi connectivity index (χ4n) is 6.73. The van der Waals surface area contributed by atoms with Gasteiger partial charge in [0.1, 0.15) is 0 Å². The van der Waals surface area contributed by atoms with Crippen LogP contribution in [0.5, 0.6) is 0 Å². The third-order valence-electron chi connectivity index (χ3n) is 7.46. The van der Waals surface area contributed by atoms with Crippen LogP contribution >= 0.6 is 23.8 Å². The van der Waals surface area contributed by atoms with Gasteiger partial charge in [0.2, 0.25) is 5.91 Å². The van der Waals surface area contributed by atoms with E-state index in [-0.39, 0.29) is 22.2 Å². The highest BCUT2D eigenvalue weighted by Gasteiger charge is 2.51. The molecule has 1 amide bonds. The molecule has 4 aliphatic rings. The Hall–Kier alpha value is -2.24. The van der Waals surface area contributed by atoms with Crippen molar-refractivity contribution in [3.05, 3.63) is 64.7 Å². The molecule has 0 heterocycles. The van der Waals surface area contributed by atoms with E-state index in [9.17, 15) is 9.59 Å². The molecule has 6 heteroatoms. The van der Waals surface area contributed by atoms with E-state index in [1.54, 1.807) is 30.3 Å². The van der Waals surface area contributed by atoms with E-state index in [1.807, 2.05) is 18.2 Å². The number of carbonyl (C=O) groups is 2. The molecule has 0 spiro atoms. The van der Waals surface area contributed by atoms with Crippen LogP contribution in [0.3, 0.4) is 0 Å². The zero-order valence-electron chi connectivity index (χ0n) is 17.9. The maximum Gasteiger partial charge on any atom is 0.226 e. The Bertz CT molecular complexity index is 1030. The summed E-state index contributed by atoms with van der Waals surface area (Å²) in [5, 5.41) is 6.59. The predicted octanol–water partition coefficient (Wildman–Crippen LogP) is 5.99. The minimum atomic E-state index is -0.154. The Balaban J connectivity index is 1.26. The summed E-state index contributed by atoms with van der Waals surface area (Å²) in [6.45, 7) is 0. The number of ketones is 1. The molecule has 0 aliphatic heterocycles. The third kappa shape index (κ3) is 4.46. The molecule has 4 aliphatic carbocycles. The van der Waals surface area contributed by atoms with Crippen LogP contribution in [0.2, 0.25) is 5.02 Å². The van der Waals surface area contributed by atoms with Gasteiger partial charge in [-0.25, -0.2) is 0 Å². The van der Waals surface area contributed by atoms with Gasteiger partial charge in [0, 0.05) is 22.6 Å². The number of halogens is 1. The van der Waals surface area contributed by atoms with E-state index in [0.717, 1.165) is 17.8 Å². The second-order valence-electron chi connectivity index (χ2n) is 9.98. The van der Waals surface area contributed by atoms with Gasteiger partial charge in [0.05, 0.1) is 5.69 Å². The SMILES string of the molecule is O=C(CC12CC3CC(CC(C3)C1)C2)NC(=S)Nc1ccc(Cl)cc1C(=O)c1ccccc1. The van der Waals surface area contributed by atoms with E-state index in [2.05, 4.69) is 10.6 Å². The third-order valence-corrected chi connectivity index (χ3v) is 7.90. The molecule has 4 fully saturated rings. The maximum atomic E-state index is 13.0. The van der Waals surface area contributed by atoms with Gasteiger partial charge in [-0.05, 0) is 92.1 Å². The summed E-state index contributed by atoms with van der Waals surface area (Å²) in [6.07, 6.45) is 8.15. The largest absolute Gasteiger partial charge is 0.332 e. The van der Waals surface area contributed by atoms with Gasteiger partial charge < -0.3 is 10.6 Å². The number of hydrogen-bond donors (Lipinski definition) is 2. The normalized spacial score (nSPS) is 27.7. The Morgan fingerprint density at radius 1 is 0.969 bits per heavy atom. The molecule has 32 heavy (non-hydrogen) atoms. The van der Waals surface area contributed by atoms with Crippen LogP contribution < -0.4 is 10.6 Å². The number of nitrogens with one attached hydrogen (secondary N) is 2. The molecule has 0 aromatic heterocycles. The van der Waals surface area contributed by atoms with Gasteiger partial charge >= 0.3 is 0 Å². The molecule has 2 aromatic rings. The number of benzene rings is 2. The monoisotopic (exact) mass is 466 g/mol. The molecule has 0 atom stereocenters. The van der Waals surface area contributed by atoms with Crippen molar-refractivity contribution in [2.75, 3.05) is 5.32 Å². The summed E-state index contributed by atoms with van der Waals surface area (Å²) >= 11 is 11.6. The lowest BCUT2D eigenvalue weighted by atomic mass is 9.49. The van der Waals surface area contributed by atoms with Crippen molar-refractivity contribution in [3.8, 4) is 0 Å². The number of anilines is 1. The van der Waals surface area contributed by atoms with Crippen LogP contribution in [0.4, 0.5) is 5.69 Å². The predicted molar refractivity (Wildman–Crippen MR) is 131 cm³/mol. The molecule has 6 rings (SSSR count). The minimum Gasteiger partial charge on any atom is -0.332 e. The van der Waals surface area contributed by atoms with Crippen molar-refractivity contribution in [3.63, 3.8) is 0 Å². The molecule has 0 unspecified atom stereocenters. The summed E-state index contributed by atoms with van der Waals surface area (Å²) in [7, 11) is 0. The number of rotatable bonds is 5. The van der Waals surface area contributed by atoms with Gasteiger partial charge in [-0.15, -0.1) is 0 Å². The summed E-state index contributed by atoms with van der Waals surface area (Å²) in [5.74, 6) is 2.23. The van der Waals surface area contributed by atoms with Gasteiger partial charge in [-0.3, -0.25) is 9.59 Å². The van der Waals surface area contributed by atoms with Crippen LogP contribution in [0.1, 0.15) is 60.9 Å². The fraction of sp³-hybridized carbons (Fsp3) is 0.423. The minimum absolute atomic E-state index is 0.0330. The Labute approximate surface area is 199 Å². The molecule has 0 radical (unpaired) electrons. The van der Waals surface area contributed by atoms with Crippen LogP contribution in [0, 0.1) is 23.2 Å². The molecule has 2 aromatic carbocycles. The average Bonchev–Trinajstić information content (AvgIpc) is 2.73. The smallest absolute Gasteiger partial charge is 0.226 e. The van der Waals surface area contributed by atoms with Gasteiger partial charge in [0.25, 0.3) is 0 Å². The first-order valence-corrected chi connectivity index (χ1v) is 12.2. The number of thiocarbonyl (C=S) groups is 1. The summed E-state index contributed by atoms with van der Waals surface area (Å²) in [4.78, 5) is 25.9. The second kappa shape index (κ2) is 8.60. The van der Waals surface area contributed by atoms with E-state index >= 15 is 0 Å². The maximum absolute atomic E-state index is 13.0. The summed E-state index contributed by atoms with van der Waals surface area (Å²) in [5.41, 5.74) is 1.67. The Kier molecular flexibility index (Phi) is 5.81. The molecule has 4 nitrogen and oxygen atoms in total. The standard InChI is InChI=1S/C26H27ClN2O2S/c27-20-6-7-22(21(11-20)24(31)19-4-2-1-3-5-19)28-25(32)29-23(30)15-26-12-16-8-17(13-26)10-18(9-16)14-26/h1-7,11,16-18H,8-10,12-15H2,(H2,28,29,30,32). The second-order valence-corrected chi connectivity index (χ2v) is 10.8. The van der Waals surface area contributed by atoms with Crippen LogP contribution in [-0.2, 0) is 4.79 Å². The van der Waals surface area contributed by atoms with Crippen molar-refractivity contribution in [2.45, 2.75) is 44.9 Å². The van der Waals surface area contributed by atoms with Crippen molar-refractivity contribution in [1.29, 1.82) is 0 Å². The molecular formula is C26H27ClN2O2S. The average molecular weight is 467 g/mol. The quantitative estimate of drug-likeness (QED) is 0.419. The van der Waals surface area contributed by atoms with E-state index in [4.69, 9.17) is 23.8 Å². The summed E-state index contributed by atoms with van der Waals surface area (Å²) < 4.78 is 0. The highest BCUT2D eigenvalue weighted by molar-refractivity contribution is 7.80. The van der Waals surface area contributed by atoms with Crippen molar-refractivity contribution in [1.82, 2.24) is 5.32 Å².